The first-order valence-electron chi connectivity index (χ1n) is 5.76. The smallest absolute Gasteiger partial charge is 0.223 e. The third kappa shape index (κ3) is 3.02. The quantitative estimate of drug-likeness (QED) is 0.926. The normalized spacial score (nSPS) is 10.2. The summed E-state index contributed by atoms with van der Waals surface area (Å²) in [7, 11) is 3.04. The number of thiazole rings is 1. The molecule has 1 N–H and O–H groups in total. The van der Waals surface area contributed by atoms with Crippen LogP contribution in [-0.2, 0) is 4.79 Å². The van der Waals surface area contributed by atoms with Gasteiger partial charge in [-0.15, -0.1) is 0 Å². The van der Waals surface area contributed by atoms with Gasteiger partial charge in [0, 0.05) is 6.92 Å². The van der Waals surface area contributed by atoms with Crippen molar-refractivity contribution in [3.63, 3.8) is 0 Å². The number of methoxy groups -OCH3 is 2. The number of nitrogens with one attached hydrogen (secondary N) is 1. The fourth-order valence-corrected chi connectivity index (χ4v) is 2.47. The third-order valence-electron chi connectivity index (χ3n) is 2.38. The number of ether oxygens (including phenoxy) is 2. The average molecular weight is 294 g/mol. The highest BCUT2D eigenvalue weighted by molar-refractivity contribution is 7.19. The van der Waals surface area contributed by atoms with Gasteiger partial charge < -0.3 is 14.8 Å². The van der Waals surface area contributed by atoms with Crippen LogP contribution in [0, 0.1) is 6.92 Å². The van der Waals surface area contributed by atoms with Gasteiger partial charge in [0.1, 0.15) is 0 Å². The molecule has 0 spiro atoms. The van der Waals surface area contributed by atoms with Crippen LogP contribution in [0.5, 0.6) is 11.8 Å². The van der Waals surface area contributed by atoms with E-state index in [1.165, 1.54) is 32.5 Å². The summed E-state index contributed by atoms with van der Waals surface area (Å²) in [5.74, 6) is 1.09. The van der Waals surface area contributed by atoms with Gasteiger partial charge in [-0.05, 0) is 6.92 Å². The molecule has 8 heteroatoms. The molecule has 0 saturated heterocycles. The number of nitrogens with zero attached hydrogens (tertiary/aromatic N) is 3. The van der Waals surface area contributed by atoms with E-state index in [9.17, 15) is 4.79 Å². The molecule has 0 bridgehead atoms. The summed E-state index contributed by atoms with van der Waals surface area (Å²) in [4.78, 5) is 24.6. The van der Waals surface area contributed by atoms with E-state index < -0.39 is 0 Å². The number of anilines is 1. The minimum absolute atomic E-state index is 0.172. The van der Waals surface area contributed by atoms with Crippen molar-refractivity contribution in [1.82, 2.24) is 15.0 Å². The number of hydrogen-bond donors (Lipinski definition) is 1. The topological polar surface area (TPSA) is 86.2 Å². The lowest BCUT2D eigenvalue weighted by Crippen LogP contribution is -2.04. The van der Waals surface area contributed by atoms with Crippen LogP contribution in [0.25, 0.3) is 10.7 Å². The molecule has 2 heterocycles. The Kier molecular flexibility index (Phi) is 4.14. The van der Waals surface area contributed by atoms with E-state index in [-0.39, 0.29) is 5.91 Å². The number of aromatic nitrogens is 3. The zero-order valence-electron chi connectivity index (χ0n) is 11.6. The summed E-state index contributed by atoms with van der Waals surface area (Å²) >= 11 is 1.30. The molecule has 2 rings (SSSR count). The van der Waals surface area contributed by atoms with E-state index in [1.54, 1.807) is 6.07 Å². The van der Waals surface area contributed by atoms with Crippen LogP contribution in [-0.4, -0.2) is 35.1 Å². The standard InChI is InChI=1S/C12H14N4O3S/c1-6-10(20-12(13-6)14-7(2)17)11-15-8(18-3)5-9(16-11)19-4/h5H,1-4H3,(H,13,14,17). The van der Waals surface area contributed by atoms with Gasteiger partial charge in [0.15, 0.2) is 11.0 Å². The van der Waals surface area contributed by atoms with Crippen LogP contribution in [0.1, 0.15) is 12.6 Å². The number of rotatable bonds is 4. The van der Waals surface area contributed by atoms with Crippen molar-refractivity contribution in [2.75, 3.05) is 19.5 Å². The highest BCUT2D eigenvalue weighted by Crippen LogP contribution is 2.32. The molecule has 106 valence electrons. The molecule has 0 aromatic carbocycles. The Morgan fingerprint density at radius 2 is 1.80 bits per heavy atom. The Hall–Kier alpha value is -2.22. The maximum absolute atomic E-state index is 11.1. The molecule has 0 fully saturated rings. The Morgan fingerprint density at radius 1 is 1.20 bits per heavy atom. The maximum atomic E-state index is 11.1. The first-order chi connectivity index (χ1) is 9.53. The first kappa shape index (κ1) is 14.2. The summed E-state index contributed by atoms with van der Waals surface area (Å²) in [6, 6.07) is 1.59. The number of carbonyl (C=O) groups is 1. The largest absolute Gasteiger partial charge is 0.481 e. The van der Waals surface area contributed by atoms with Gasteiger partial charge in [-0.2, -0.15) is 9.97 Å². The molecule has 2 aromatic heterocycles. The van der Waals surface area contributed by atoms with E-state index >= 15 is 0 Å². The van der Waals surface area contributed by atoms with E-state index in [2.05, 4.69) is 20.3 Å². The molecule has 0 unspecified atom stereocenters. The van der Waals surface area contributed by atoms with Crippen molar-refractivity contribution >= 4 is 22.4 Å². The zero-order valence-corrected chi connectivity index (χ0v) is 12.4. The lowest BCUT2D eigenvalue weighted by molar-refractivity contribution is -0.114. The predicted molar refractivity (Wildman–Crippen MR) is 75.3 cm³/mol. The Morgan fingerprint density at radius 3 is 2.30 bits per heavy atom. The van der Waals surface area contributed by atoms with Crippen LogP contribution in [0.2, 0.25) is 0 Å². The van der Waals surface area contributed by atoms with Crippen molar-refractivity contribution in [2.24, 2.45) is 0 Å². The van der Waals surface area contributed by atoms with Crippen molar-refractivity contribution < 1.29 is 14.3 Å². The van der Waals surface area contributed by atoms with Gasteiger partial charge >= 0.3 is 0 Å². The van der Waals surface area contributed by atoms with E-state index in [4.69, 9.17) is 9.47 Å². The minimum atomic E-state index is -0.172. The Balaban J connectivity index is 2.45. The molecule has 20 heavy (non-hydrogen) atoms. The molecule has 0 radical (unpaired) electrons. The average Bonchev–Trinajstić information content (AvgIpc) is 2.78. The number of aryl methyl sites for hydroxylation is 1. The molecule has 0 atom stereocenters. The zero-order chi connectivity index (χ0) is 14.7. The fourth-order valence-electron chi connectivity index (χ4n) is 1.52. The summed E-state index contributed by atoms with van der Waals surface area (Å²) < 4.78 is 10.2. The van der Waals surface area contributed by atoms with Gasteiger partial charge in [-0.1, -0.05) is 11.3 Å². The molecule has 7 nitrogen and oxygen atoms in total. The Bertz CT molecular complexity index is 619. The Labute approximate surface area is 120 Å². The monoisotopic (exact) mass is 294 g/mol. The molecule has 0 aliphatic heterocycles. The molecular formula is C12H14N4O3S. The van der Waals surface area contributed by atoms with Crippen LogP contribution >= 0.6 is 11.3 Å². The molecule has 0 aliphatic carbocycles. The highest BCUT2D eigenvalue weighted by Gasteiger charge is 2.15. The lowest BCUT2D eigenvalue weighted by Gasteiger charge is -2.05. The second-order valence-corrected chi connectivity index (χ2v) is 4.89. The van der Waals surface area contributed by atoms with Gasteiger partial charge in [0.2, 0.25) is 17.7 Å². The molecule has 0 saturated carbocycles. The summed E-state index contributed by atoms with van der Waals surface area (Å²) in [6.07, 6.45) is 0. The molecule has 0 aliphatic rings. The molecular weight excluding hydrogens is 280 g/mol. The van der Waals surface area contributed by atoms with Crippen molar-refractivity contribution in [1.29, 1.82) is 0 Å². The van der Waals surface area contributed by atoms with E-state index in [0.717, 1.165) is 10.6 Å². The first-order valence-corrected chi connectivity index (χ1v) is 6.57. The molecule has 2 aromatic rings. The van der Waals surface area contributed by atoms with Crippen LogP contribution in [0.3, 0.4) is 0 Å². The summed E-state index contributed by atoms with van der Waals surface area (Å²) in [5, 5.41) is 3.15. The van der Waals surface area contributed by atoms with Crippen molar-refractivity contribution in [3.8, 4) is 22.5 Å². The van der Waals surface area contributed by atoms with Crippen LogP contribution < -0.4 is 14.8 Å². The SMILES string of the molecule is COc1cc(OC)nc(-c2sc(NC(C)=O)nc2C)n1. The minimum Gasteiger partial charge on any atom is -0.481 e. The maximum Gasteiger partial charge on any atom is 0.223 e. The highest BCUT2D eigenvalue weighted by atomic mass is 32.1. The molecule has 1 amide bonds. The second-order valence-electron chi connectivity index (χ2n) is 3.89. The number of amides is 1. The third-order valence-corrected chi connectivity index (χ3v) is 3.45. The van der Waals surface area contributed by atoms with E-state index in [1.807, 2.05) is 6.92 Å². The van der Waals surface area contributed by atoms with Crippen molar-refractivity contribution in [2.45, 2.75) is 13.8 Å². The van der Waals surface area contributed by atoms with Crippen LogP contribution in [0.4, 0.5) is 5.13 Å². The van der Waals surface area contributed by atoms with Gasteiger partial charge in [0.25, 0.3) is 0 Å². The fraction of sp³-hybridized carbons (Fsp3) is 0.333. The van der Waals surface area contributed by atoms with Gasteiger partial charge in [0.05, 0.1) is 30.9 Å². The van der Waals surface area contributed by atoms with Crippen molar-refractivity contribution in [3.05, 3.63) is 11.8 Å². The summed E-state index contributed by atoms with van der Waals surface area (Å²) in [5.41, 5.74) is 0.731. The van der Waals surface area contributed by atoms with E-state index in [0.29, 0.717) is 22.7 Å². The lowest BCUT2D eigenvalue weighted by atomic mass is 10.3. The number of hydrogen-bond acceptors (Lipinski definition) is 7. The second kappa shape index (κ2) is 5.83. The van der Waals surface area contributed by atoms with Crippen LogP contribution in [0.15, 0.2) is 6.07 Å². The van der Waals surface area contributed by atoms with Gasteiger partial charge in [-0.3, -0.25) is 4.79 Å². The number of carbonyl (C=O) groups excluding carboxylic acids is 1. The van der Waals surface area contributed by atoms with Gasteiger partial charge in [-0.25, -0.2) is 4.98 Å². The predicted octanol–water partition coefficient (Wildman–Crippen LogP) is 1.88. The summed E-state index contributed by atoms with van der Waals surface area (Å²) in [6.45, 7) is 3.26.